The number of esters is 2. The van der Waals surface area contributed by atoms with Crippen LogP contribution in [0.5, 0.6) is 11.5 Å². The molecule has 0 aliphatic rings. The zero-order chi connectivity index (χ0) is 38.1. The van der Waals surface area contributed by atoms with Gasteiger partial charge in [0.05, 0.1) is 0 Å². The first-order valence-corrected chi connectivity index (χ1v) is 18.4. The molecule has 270 valence electrons. The zero-order valence-electron chi connectivity index (χ0n) is 30.0. The Bertz CT molecular complexity index is 2340. The highest BCUT2D eigenvalue weighted by Crippen LogP contribution is 2.39. The molecule has 0 unspecified atom stereocenters. The summed E-state index contributed by atoms with van der Waals surface area (Å²) in [6, 6.07) is 49.8. The number of nitrogens with zero attached hydrogens (tertiary/aromatic N) is 4. The topological polar surface area (TPSA) is 84.9 Å². The summed E-state index contributed by atoms with van der Waals surface area (Å²) < 4.78 is 10.6. The smallest absolute Gasteiger partial charge is 0.335 e. The molecule has 9 heteroatoms. The summed E-state index contributed by atoms with van der Waals surface area (Å²) >= 11 is 1.53. The van der Waals surface area contributed by atoms with Gasteiger partial charge in [0.2, 0.25) is 0 Å². The Morgan fingerprint density at radius 1 is 0.527 bits per heavy atom. The van der Waals surface area contributed by atoms with Crippen molar-refractivity contribution in [2.24, 2.45) is 0 Å². The number of hydrogen-bond acceptors (Lipinski definition) is 9. The SMILES string of the molecule is C=CC(=O)Oc1ccc(N(c2ccc(OC(=O)C=C)cc2)c2ccc(-c3nnc(-c4ccc(N(c5ccccc5)c5ccc(CC)cc5)cc4)s3)cc2)cc1. The molecule has 0 saturated heterocycles. The Labute approximate surface area is 323 Å². The zero-order valence-corrected chi connectivity index (χ0v) is 30.9. The van der Waals surface area contributed by atoms with E-state index in [2.05, 4.69) is 108 Å². The maximum Gasteiger partial charge on any atom is 0.335 e. The van der Waals surface area contributed by atoms with Gasteiger partial charge < -0.3 is 19.3 Å². The fraction of sp³-hybridized carbons (Fsp3) is 0.0435. The number of rotatable bonds is 13. The fourth-order valence-electron chi connectivity index (χ4n) is 5.96. The lowest BCUT2D eigenvalue weighted by Crippen LogP contribution is -2.10. The second-order valence-electron chi connectivity index (χ2n) is 12.3. The van der Waals surface area contributed by atoms with Crippen LogP contribution in [0, 0.1) is 0 Å². The lowest BCUT2D eigenvalue weighted by molar-refractivity contribution is -0.129. The number of aryl methyl sites for hydroxylation is 1. The molecule has 0 fully saturated rings. The average molecular weight is 741 g/mol. The summed E-state index contributed by atoms with van der Waals surface area (Å²) in [4.78, 5) is 27.8. The summed E-state index contributed by atoms with van der Waals surface area (Å²) in [5.74, 6) is -0.282. The quantitative estimate of drug-likeness (QED) is 0.0656. The molecule has 1 aromatic heterocycles. The normalized spacial score (nSPS) is 10.6. The van der Waals surface area contributed by atoms with E-state index in [0.29, 0.717) is 11.5 Å². The van der Waals surface area contributed by atoms with E-state index in [1.54, 1.807) is 24.3 Å². The lowest BCUT2D eigenvalue weighted by Gasteiger charge is -2.26. The molecule has 0 bridgehead atoms. The summed E-state index contributed by atoms with van der Waals surface area (Å²) in [5, 5.41) is 10.7. The van der Waals surface area contributed by atoms with Crippen LogP contribution in [0.15, 0.2) is 177 Å². The van der Waals surface area contributed by atoms with Crippen molar-refractivity contribution in [2.75, 3.05) is 9.80 Å². The number of para-hydroxylation sites is 1. The van der Waals surface area contributed by atoms with Gasteiger partial charge in [-0.05, 0) is 133 Å². The number of ether oxygens (including phenoxy) is 2. The molecule has 0 amide bonds. The van der Waals surface area contributed by atoms with Crippen molar-refractivity contribution >= 4 is 57.4 Å². The molecule has 0 saturated carbocycles. The minimum absolute atomic E-state index is 0.396. The Morgan fingerprint density at radius 2 is 0.873 bits per heavy atom. The van der Waals surface area contributed by atoms with Crippen LogP contribution < -0.4 is 19.3 Å². The highest BCUT2D eigenvalue weighted by atomic mass is 32.1. The molecule has 0 aliphatic carbocycles. The van der Waals surface area contributed by atoms with E-state index in [9.17, 15) is 9.59 Å². The molecule has 1 heterocycles. The minimum atomic E-state index is -0.537. The molecule has 55 heavy (non-hydrogen) atoms. The van der Waals surface area contributed by atoms with Gasteiger partial charge in [0.25, 0.3) is 0 Å². The maximum atomic E-state index is 11.8. The number of benzene rings is 6. The molecule has 0 atom stereocenters. The van der Waals surface area contributed by atoms with Crippen LogP contribution in [0.4, 0.5) is 34.1 Å². The second kappa shape index (κ2) is 16.7. The van der Waals surface area contributed by atoms with Crippen LogP contribution >= 0.6 is 11.3 Å². The van der Waals surface area contributed by atoms with Gasteiger partial charge in [0.1, 0.15) is 21.5 Å². The summed E-state index contributed by atoms with van der Waals surface area (Å²) in [7, 11) is 0. The molecule has 7 aromatic rings. The molecule has 0 N–H and O–H groups in total. The van der Waals surface area contributed by atoms with E-state index in [0.717, 1.165) is 73.8 Å². The number of anilines is 6. The average Bonchev–Trinajstić information content (AvgIpc) is 3.74. The van der Waals surface area contributed by atoms with Gasteiger partial charge >= 0.3 is 11.9 Å². The summed E-state index contributed by atoms with van der Waals surface area (Å²) in [6.45, 7) is 9.08. The van der Waals surface area contributed by atoms with Crippen molar-refractivity contribution in [1.82, 2.24) is 10.2 Å². The van der Waals surface area contributed by atoms with Crippen molar-refractivity contribution in [3.63, 3.8) is 0 Å². The highest BCUT2D eigenvalue weighted by Gasteiger charge is 2.17. The molecular weight excluding hydrogens is 705 g/mol. The van der Waals surface area contributed by atoms with Crippen LogP contribution in [0.3, 0.4) is 0 Å². The highest BCUT2D eigenvalue weighted by molar-refractivity contribution is 7.17. The Balaban J connectivity index is 1.14. The molecule has 0 radical (unpaired) electrons. The van der Waals surface area contributed by atoms with Crippen LogP contribution in [0.25, 0.3) is 21.1 Å². The first-order valence-electron chi connectivity index (χ1n) is 17.6. The van der Waals surface area contributed by atoms with Crippen LogP contribution in [-0.4, -0.2) is 22.1 Å². The number of hydrogen-bond donors (Lipinski definition) is 0. The van der Waals surface area contributed by atoms with Gasteiger partial charge in [-0.2, -0.15) is 0 Å². The van der Waals surface area contributed by atoms with Gasteiger partial charge in [-0.3, -0.25) is 0 Å². The summed E-state index contributed by atoms with van der Waals surface area (Å²) in [6.07, 6.45) is 3.23. The van der Waals surface area contributed by atoms with Crippen molar-refractivity contribution in [3.05, 3.63) is 183 Å². The first-order chi connectivity index (χ1) is 26.9. The third kappa shape index (κ3) is 8.43. The van der Waals surface area contributed by atoms with Crippen molar-refractivity contribution in [1.29, 1.82) is 0 Å². The van der Waals surface area contributed by atoms with Crippen LogP contribution in [0.1, 0.15) is 12.5 Å². The second-order valence-corrected chi connectivity index (χ2v) is 13.2. The van der Waals surface area contributed by atoms with Crippen molar-refractivity contribution < 1.29 is 19.1 Å². The summed E-state index contributed by atoms with van der Waals surface area (Å²) in [5.41, 5.74) is 8.91. The number of carbonyl (C=O) groups excluding carboxylic acids is 2. The third-order valence-electron chi connectivity index (χ3n) is 8.75. The number of carbonyl (C=O) groups is 2. The lowest BCUT2D eigenvalue weighted by atomic mass is 10.1. The predicted octanol–water partition coefficient (Wildman–Crippen LogP) is 11.6. The molecular formula is C46H36N4O4S. The molecule has 6 aromatic carbocycles. The monoisotopic (exact) mass is 740 g/mol. The van der Waals surface area contributed by atoms with E-state index in [4.69, 9.17) is 9.47 Å². The molecule has 0 spiro atoms. The Morgan fingerprint density at radius 3 is 1.24 bits per heavy atom. The van der Waals surface area contributed by atoms with E-state index in [1.807, 2.05) is 59.5 Å². The largest absolute Gasteiger partial charge is 0.423 e. The van der Waals surface area contributed by atoms with Gasteiger partial charge in [-0.1, -0.05) is 61.8 Å². The van der Waals surface area contributed by atoms with E-state index in [1.165, 1.54) is 16.9 Å². The Hall–Kier alpha value is -7.10. The van der Waals surface area contributed by atoms with E-state index in [-0.39, 0.29) is 0 Å². The first kappa shape index (κ1) is 36.3. The number of aromatic nitrogens is 2. The predicted molar refractivity (Wildman–Crippen MR) is 221 cm³/mol. The van der Waals surface area contributed by atoms with Gasteiger partial charge in [-0.15, -0.1) is 10.2 Å². The van der Waals surface area contributed by atoms with Gasteiger partial charge in [0.15, 0.2) is 0 Å². The van der Waals surface area contributed by atoms with Crippen LogP contribution in [0.2, 0.25) is 0 Å². The minimum Gasteiger partial charge on any atom is -0.423 e. The van der Waals surface area contributed by atoms with Gasteiger partial charge in [0, 0.05) is 57.4 Å². The van der Waals surface area contributed by atoms with E-state index < -0.39 is 11.9 Å². The molecule has 0 aliphatic heterocycles. The Kier molecular flexibility index (Phi) is 11.0. The van der Waals surface area contributed by atoms with E-state index >= 15 is 0 Å². The van der Waals surface area contributed by atoms with Crippen molar-refractivity contribution in [2.45, 2.75) is 13.3 Å². The van der Waals surface area contributed by atoms with Crippen molar-refractivity contribution in [3.8, 4) is 32.6 Å². The molecule has 7 rings (SSSR count). The standard InChI is InChI=1S/C46H36N4O4S/c1-4-32-12-18-36(19-13-32)49(35-10-8-7-9-11-35)37-20-14-33(15-21-37)45-47-48-46(55-45)34-16-22-38(23-17-34)50(39-24-28-41(29-25-39)53-43(51)5-2)40-26-30-42(31-27-40)54-44(52)6-3/h5-31H,2-4H2,1H3. The van der Waals surface area contributed by atoms with Crippen LogP contribution in [-0.2, 0) is 16.0 Å². The van der Waals surface area contributed by atoms with Gasteiger partial charge in [-0.25, -0.2) is 9.59 Å². The fourth-order valence-corrected chi connectivity index (χ4v) is 6.81. The third-order valence-corrected chi connectivity index (χ3v) is 9.77. The molecule has 8 nitrogen and oxygen atoms in total. The maximum absolute atomic E-state index is 11.8.